The minimum absolute atomic E-state index is 0.100. The van der Waals surface area contributed by atoms with Crippen LogP contribution in [0.1, 0.15) is 30.0 Å². The highest BCUT2D eigenvalue weighted by atomic mass is 16.3. The van der Waals surface area contributed by atoms with Gasteiger partial charge in [0, 0.05) is 11.7 Å². The number of nitrogens with one attached hydrogen (secondary N) is 2. The number of nitrogens with two attached hydrogens (primary N) is 1. The number of nitrogens with zero attached hydrogens (tertiary/aromatic N) is 1. The quantitative estimate of drug-likeness (QED) is 0.784. The molecule has 1 heterocycles. The minimum atomic E-state index is -0.583. The summed E-state index contributed by atoms with van der Waals surface area (Å²) in [6.45, 7) is 2.55. The smallest absolute Gasteiger partial charge is 0.316 e. The molecule has 108 valence electrons. The van der Waals surface area contributed by atoms with Crippen molar-refractivity contribution in [2.75, 3.05) is 5.32 Å². The third-order valence-corrected chi connectivity index (χ3v) is 3.03. The second-order valence-corrected chi connectivity index (χ2v) is 4.59. The summed E-state index contributed by atoms with van der Waals surface area (Å²) in [5.41, 5.74) is 6.77. The molecular formula is C15H16N4O2. The van der Waals surface area contributed by atoms with Crippen LogP contribution in [0.2, 0.25) is 0 Å². The molecule has 2 rings (SSSR count). The van der Waals surface area contributed by atoms with Gasteiger partial charge in [-0.2, -0.15) is 5.26 Å². The van der Waals surface area contributed by atoms with E-state index < -0.39 is 6.03 Å². The van der Waals surface area contributed by atoms with Gasteiger partial charge in [0.05, 0.1) is 6.54 Å². The van der Waals surface area contributed by atoms with E-state index in [1.54, 1.807) is 24.3 Å². The van der Waals surface area contributed by atoms with Crippen molar-refractivity contribution < 1.29 is 9.21 Å². The van der Waals surface area contributed by atoms with Gasteiger partial charge in [-0.1, -0.05) is 12.1 Å². The average molecular weight is 284 g/mol. The molecule has 2 aromatic rings. The normalized spacial score (nSPS) is 11.6. The van der Waals surface area contributed by atoms with Crippen LogP contribution < -0.4 is 16.4 Å². The van der Waals surface area contributed by atoms with Gasteiger partial charge in [-0.05, 0) is 36.8 Å². The molecule has 21 heavy (non-hydrogen) atoms. The number of nitriles is 1. The second-order valence-electron chi connectivity index (χ2n) is 4.59. The maximum Gasteiger partial charge on any atom is 0.316 e. The van der Waals surface area contributed by atoms with E-state index in [-0.39, 0.29) is 6.04 Å². The molecule has 2 amide bonds. The lowest BCUT2D eigenvalue weighted by Crippen LogP contribution is -2.20. The zero-order chi connectivity index (χ0) is 15.2. The fourth-order valence-electron chi connectivity index (χ4n) is 1.90. The van der Waals surface area contributed by atoms with E-state index in [4.69, 9.17) is 15.4 Å². The van der Waals surface area contributed by atoms with E-state index in [0.717, 1.165) is 5.56 Å². The molecule has 6 heteroatoms. The van der Waals surface area contributed by atoms with Gasteiger partial charge < -0.3 is 20.8 Å². The van der Waals surface area contributed by atoms with Gasteiger partial charge in [-0.3, -0.25) is 0 Å². The van der Waals surface area contributed by atoms with E-state index in [9.17, 15) is 4.79 Å². The van der Waals surface area contributed by atoms with E-state index >= 15 is 0 Å². The lowest BCUT2D eigenvalue weighted by molar-refractivity contribution is 0.259. The highest BCUT2D eigenvalue weighted by molar-refractivity contribution is 5.87. The van der Waals surface area contributed by atoms with Crippen molar-refractivity contribution in [2.24, 2.45) is 5.73 Å². The van der Waals surface area contributed by atoms with Gasteiger partial charge >= 0.3 is 6.03 Å². The maximum atomic E-state index is 10.7. The number of hydrogen-bond donors (Lipinski definition) is 3. The number of amides is 2. The minimum Gasteiger partial charge on any atom is -0.449 e. The van der Waals surface area contributed by atoms with Crippen molar-refractivity contribution in [1.82, 2.24) is 5.32 Å². The van der Waals surface area contributed by atoms with Crippen LogP contribution in [0.25, 0.3) is 0 Å². The molecule has 0 bridgehead atoms. The zero-order valence-electron chi connectivity index (χ0n) is 11.6. The Kier molecular flexibility index (Phi) is 4.59. The predicted molar refractivity (Wildman–Crippen MR) is 78.3 cm³/mol. The van der Waals surface area contributed by atoms with Gasteiger partial charge in [0.25, 0.3) is 0 Å². The molecule has 0 spiro atoms. The molecule has 0 aliphatic carbocycles. The third kappa shape index (κ3) is 4.09. The SMILES string of the molecule is CC(NCc1ccc(C#N)o1)c1ccc(NC(N)=O)cc1. The van der Waals surface area contributed by atoms with Gasteiger partial charge in [0.15, 0.2) is 0 Å². The number of furan rings is 1. The summed E-state index contributed by atoms with van der Waals surface area (Å²) in [5.74, 6) is 1.02. The standard InChI is InChI=1S/C15H16N4O2/c1-10(18-9-14-7-6-13(8-16)21-14)11-2-4-12(5-3-11)19-15(17)20/h2-7,10,18H,9H2,1H3,(H3,17,19,20). The Morgan fingerprint density at radius 2 is 2.05 bits per heavy atom. The summed E-state index contributed by atoms with van der Waals surface area (Å²) in [6.07, 6.45) is 0. The Balaban J connectivity index is 1.92. The van der Waals surface area contributed by atoms with Crippen molar-refractivity contribution in [3.8, 4) is 6.07 Å². The lowest BCUT2D eigenvalue weighted by atomic mass is 10.1. The van der Waals surface area contributed by atoms with Gasteiger partial charge in [-0.25, -0.2) is 4.79 Å². The number of carbonyl (C=O) groups is 1. The van der Waals surface area contributed by atoms with Gasteiger partial charge in [0.2, 0.25) is 5.76 Å². The van der Waals surface area contributed by atoms with Crippen molar-refractivity contribution in [2.45, 2.75) is 19.5 Å². The van der Waals surface area contributed by atoms with Crippen LogP contribution in [0.3, 0.4) is 0 Å². The Labute approximate surface area is 122 Å². The van der Waals surface area contributed by atoms with Crippen LogP contribution in [0, 0.1) is 11.3 Å². The summed E-state index contributed by atoms with van der Waals surface area (Å²) in [5, 5.41) is 14.5. The summed E-state index contributed by atoms with van der Waals surface area (Å²) in [7, 11) is 0. The van der Waals surface area contributed by atoms with Crippen LogP contribution >= 0.6 is 0 Å². The number of primary amides is 1. The highest BCUT2D eigenvalue weighted by Crippen LogP contribution is 2.17. The molecule has 1 atom stereocenters. The topological polar surface area (TPSA) is 104 Å². The highest BCUT2D eigenvalue weighted by Gasteiger charge is 2.07. The maximum absolute atomic E-state index is 10.7. The predicted octanol–water partition coefficient (Wildman–Crippen LogP) is 2.49. The lowest BCUT2D eigenvalue weighted by Gasteiger charge is -2.14. The third-order valence-electron chi connectivity index (χ3n) is 3.03. The molecule has 1 aromatic heterocycles. The van der Waals surface area contributed by atoms with Crippen molar-refractivity contribution >= 4 is 11.7 Å². The summed E-state index contributed by atoms with van der Waals surface area (Å²) < 4.78 is 5.30. The van der Waals surface area contributed by atoms with Crippen LogP contribution in [-0.4, -0.2) is 6.03 Å². The first-order valence-electron chi connectivity index (χ1n) is 6.47. The van der Waals surface area contributed by atoms with E-state index in [0.29, 0.717) is 23.8 Å². The molecule has 1 unspecified atom stereocenters. The van der Waals surface area contributed by atoms with Crippen LogP contribution in [-0.2, 0) is 6.54 Å². The number of benzene rings is 1. The molecule has 0 aliphatic heterocycles. The second kappa shape index (κ2) is 6.59. The molecule has 0 saturated heterocycles. The molecule has 6 nitrogen and oxygen atoms in total. The van der Waals surface area contributed by atoms with Crippen LogP contribution in [0.15, 0.2) is 40.8 Å². The van der Waals surface area contributed by atoms with Crippen molar-refractivity contribution in [3.63, 3.8) is 0 Å². The summed E-state index contributed by atoms with van der Waals surface area (Å²) in [4.78, 5) is 10.7. The van der Waals surface area contributed by atoms with Gasteiger partial charge in [-0.15, -0.1) is 0 Å². The van der Waals surface area contributed by atoms with E-state index in [1.807, 2.05) is 25.1 Å². The molecule has 0 radical (unpaired) electrons. The molecule has 4 N–H and O–H groups in total. The Hall–Kier alpha value is -2.78. The molecule has 0 aliphatic rings. The Morgan fingerprint density at radius 3 is 2.62 bits per heavy atom. The first-order valence-corrected chi connectivity index (χ1v) is 6.47. The Morgan fingerprint density at radius 1 is 1.33 bits per heavy atom. The first-order chi connectivity index (χ1) is 10.1. The number of rotatable bonds is 5. The number of carbonyl (C=O) groups excluding carboxylic acids is 1. The first kappa shape index (κ1) is 14.6. The average Bonchev–Trinajstić information content (AvgIpc) is 2.93. The molecule has 1 aromatic carbocycles. The van der Waals surface area contributed by atoms with Crippen LogP contribution in [0.5, 0.6) is 0 Å². The fourth-order valence-corrected chi connectivity index (χ4v) is 1.90. The zero-order valence-corrected chi connectivity index (χ0v) is 11.6. The number of anilines is 1. The van der Waals surface area contributed by atoms with Crippen molar-refractivity contribution in [3.05, 3.63) is 53.5 Å². The monoisotopic (exact) mass is 284 g/mol. The summed E-state index contributed by atoms with van der Waals surface area (Å²) >= 11 is 0. The van der Waals surface area contributed by atoms with Gasteiger partial charge in [0.1, 0.15) is 11.8 Å². The van der Waals surface area contributed by atoms with E-state index in [2.05, 4.69) is 10.6 Å². The van der Waals surface area contributed by atoms with Crippen LogP contribution in [0.4, 0.5) is 10.5 Å². The molecular weight excluding hydrogens is 268 g/mol. The van der Waals surface area contributed by atoms with Crippen molar-refractivity contribution in [1.29, 1.82) is 5.26 Å². The summed E-state index contributed by atoms with van der Waals surface area (Å²) in [6, 6.07) is 12.3. The number of urea groups is 1. The molecule has 0 saturated carbocycles. The largest absolute Gasteiger partial charge is 0.449 e. The Bertz CT molecular complexity index is 655. The van der Waals surface area contributed by atoms with E-state index in [1.165, 1.54) is 0 Å². The number of hydrogen-bond acceptors (Lipinski definition) is 4. The molecule has 0 fully saturated rings. The fraction of sp³-hybridized carbons (Fsp3) is 0.200.